The van der Waals surface area contributed by atoms with Crippen LogP contribution >= 0.6 is 0 Å². The van der Waals surface area contributed by atoms with Crippen LogP contribution in [0.25, 0.3) is 10.9 Å². The maximum absolute atomic E-state index is 12.0. The smallest absolute Gasteiger partial charge is 0.328 e. The molecule has 0 aliphatic carbocycles. The lowest BCUT2D eigenvalue weighted by molar-refractivity contribution is 0.556. The van der Waals surface area contributed by atoms with Gasteiger partial charge in [0.2, 0.25) is 0 Å². The Labute approximate surface area is 132 Å². The molecule has 3 rings (SSSR count). The number of aromatic nitrogens is 4. The van der Waals surface area contributed by atoms with Gasteiger partial charge in [-0.15, -0.1) is 0 Å². The Kier molecular flexibility index (Phi) is 3.92. The molecule has 0 radical (unpaired) electrons. The highest BCUT2D eigenvalue weighted by atomic mass is 16.2. The molecule has 118 valence electrons. The molecule has 2 aromatic heterocycles. The number of hydrogen-bond acceptors (Lipinski definition) is 5. The van der Waals surface area contributed by atoms with Gasteiger partial charge in [-0.1, -0.05) is 12.1 Å². The van der Waals surface area contributed by atoms with Crippen LogP contribution in [0.15, 0.2) is 46.4 Å². The number of fused-ring (bicyclic) bond motifs is 1. The average Bonchev–Trinajstić information content (AvgIpc) is 2.53. The van der Waals surface area contributed by atoms with Crippen LogP contribution in [-0.2, 0) is 6.54 Å². The quantitative estimate of drug-likeness (QED) is 0.764. The third-order valence-corrected chi connectivity index (χ3v) is 3.59. The van der Waals surface area contributed by atoms with Gasteiger partial charge in [-0.3, -0.25) is 14.3 Å². The SMILES string of the molecule is CC(C)n1cc(CNc2ncnc3ccccc23)c(=O)[nH]c1=O. The molecule has 3 aromatic rings. The first-order valence-electron chi connectivity index (χ1n) is 7.34. The molecule has 7 heteroatoms. The van der Waals surface area contributed by atoms with E-state index in [4.69, 9.17) is 0 Å². The van der Waals surface area contributed by atoms with Gasteiger partial charge in [0.15, 0.2) is 0 Å². The second-order valence-corrected chi connectivity index (χ2v) is 5.51. The van der Waals surface area contributed by atoms with E-state index in [2.05, 4.69) is 20.3 Å². The van der Waals surface area contributed by atoms with Crippen LogP contribution in [0.5, 0.6) is 0 Å². The molecule has 0 bridgehead atoms. The Morgan fingerprint density at radius 1 is 1.22 bits per heavy atom. The fourth-order valence-corrected chi connectivity index (χ4v) is 2.36. The lowest BCUT2D eigenvalue weighted by Gasteiger charge is -2.12. The van der Waals surface area contributed by atoms with E-state index < -0.39 is 11.2 Å². The summed E-state index contributed by atoms with van der Waals surface area (Å²) in [4.78, 5) is 34.5. The van der Waals surface area contributed by atoms with Crippen LogP contribution in [0.4, 0.5) is 5.82 Å². The van der Waals surface area contributed by atoms with Gasteiger partial charge >= 0.3 is 5.69 Å². The highest BCUT2D eigenvalue weighted by Crippen LogP contribution is 2.18. The summed E-state index contributed by atoms with van der Waals surface area (Å²) in [5.41, 5.74) is 0.506. The fourth-order valence-electron chi connectivity index (χ4n) is 2.36. The van der Waals surface area contributed by atoms with Gasteiger partial charge in [-0.05, 0) is 26.0 Å². The number of anilines is 1. The molecule has 0 aliphatic rings. The van der Waals surface area contributed by atoms with Crippen LogP contribution in [-0.4, -0.2) is 19.5 Å². The maximum atomic E-state index is 12.0. The van der Waals surface area contributed by atoms with Gasteiger partial charge in [-0.2, -0.15) is 0 Å². The molecule has 7 nitrogen and oxygen atoms in total. The largest absolute Gasteiger partial charge is 0.365 e. The molecule has 0 aliphatic heterocycles. The Balaban J connectivity index is 1.93. The number of H-pyrrole nitrogens is 1. The van der Waals surface area contributed by atoms with E-state index in [-0.39, 0.29) is 12.6 Å². The van der Waals surface area contributed by atoms with Crippen molar-refractivity contribution < 1.29 is 0 Å². The van der Waals surface area contributed by atoms with E-state index in [0.29, 0.717) is 11.4 Å². The van der Waals surface area contributed by atoms with Gasteiger partial charge in [0.1, 0.15) is 12.1 Å². The van der Waals surface area contributed by atoms with Gasteiger partial charge in [-0.25, -0.2) is 14.8 Å². The highest BCUT2D eigenvalue weighted by Gasteiger charge is 2.08. The Morgan fingerprint density at radius 3 is 2.78 bits per heavy atom. The monoisotopic (exact) mass is 311 g/mol. The van der Waals surface area contributed by atoms with Crippen LogP contribution in [0.2, 0.25) is 0 Å². The highest BCUT2D eigenvalue weighted by molar-refractivity contribution is 5.88. The molecule has 0 amide bonds. The first kappa shape index (κ1) is 15.0. The van der Waals surface area contributed by atoms with Crippen molar-refractivity contribution in [2.75, 3.05) is 5.32 Å². The summed E-state index contributed by atoms with van der Waals surface area (Å²) in [7, 11) is 0. The molecule has 0 saturated carbocycles. The van der Waals surface area contributed by atoms with Crippen molar-refractivity contribution in [3.8, 4) is 0 Å². The number of para-hydroxylation sites is 1. The predicted octanol–water partition coefficient (Wildman–Crippen LogP) is 1.67. The van der Waals surface area contributed by atoms with Crippen molar-refractivity contribution in [3.05, 3.63) is 63.2 Å². The number of benzene rings is 1. The summed E-state index contributed by atoms with van der Waals surface area (Å²) < 4.78 is 1.50. The third-order valence-electron chi connectivity index (χ3n) is 3.59. The van der Waals surface area contributed by atoms with Crippen LogP contribution in [0, 0.1) is 0 Å². The first-order valence-corrected chi connectivity index (χ1v) is 7.34. The number of hydrogen-bond donors (Lipinski definition) is 2. The van der Waals surface area contributed by atoms with Gasteiger partial charge in [0.05, 0.1) is 11.1 Å². The normalized spacial score (nSPS) is 11.1. The van der Waals surface area contributed by atoms with Crippen LogP contribution < -0.4 is 16.6 Å². The average molecular weight is 311 g/mol. The minimum absolute atomic E-state index is 0.0296. The molecule has 23 heavy (non-hydrogen) atoms. The Bertz CT molecular complexity index is 953. The molecule has 2 heterocycles. The molecule has 0 fully saturated rings. The predicted molar refractivity (Wildman–Crippen MR) is 88.6 cm³/mol. The van der Waals surface area contributed by atoms with E-state index in [9.17, 15) is 9.59 Å². The molecule has 0 saturated heterocycles. The second kappa shape index (κ2) is 6.04. The Morgan fingerprint density at radius 2 is 2.00 bits per heavy atom. The van der Waals surface area contributed by atoms with Crippen LogP contribution in [0.3, 0.4) is 0 Å². The molecule has 1 aromatic carbocycles. The molecule has 0 atom stereocenters. The van der Waals surface area contributed by atoms with E-state index in [1.165, 1.54) is 10.9 Å². The summed E-state index contributed by atoms with van der Waals surface area (Å²) >= 11 is 0. The third kappa shape index (κ3) is 2.98. The van der Waals surface area contributed by atoms with E-state index >= 15 is 0 Å². The van der Waals surface area contributed by atoms with E-state index in [0.717, 1.165) is 10.9 Å². The zero-order chi connectivity index (χ0) is 16.4. The summed E-state index contributed by atoms with van der Waals surface area (Å²) in [6.07, 6.45) is 3.06. The first-order chi connectivity index (χ1) is 11.1. The van der Waals surface area contributed by atoms with Gasteiger partial charge in [0.25, 0.3) is 5.56 Å². The van der Waals surface area contributed by atoms with Crippen molar-refractivity contribution in [1.29, 1.82) is 0 Å². The molecule has 2 N–H and O–H groups in total. The second-order valence-electron chi connectivity index (χ2n) is 5.51. The number of aromatic amines is 1. The van der Waals surface area contributed by atoms with Crippen molar-refractivity contribution in [3.63, 3.8) is 0 Å². The maximum Gasteiger partial charge on any atom is 0.328 e. The van der Waals surface area contributed by atoms with E-state index in [1.807, 2.05) is 38.1 Å². The van der Waals surface area contributed by atoms with Crippen LogP contribution in [0.1, 0.15) is 25.5 Å². The number of rotatable bonds is 4. The fraction of sp³-hybridized carbons (Fsp3) is 0.250. The zero-order valence-electron chi connectivity index (χ0n) is 12.9. The van der Waals surface area contributed by atoms with Crippen molar-refractivity contribution >= 4 is 16.7 Å². The molecule has 0 unspecified atom stereocenters. The minimum atomic E-state index is -0.402. The standard InChI is InChI=1S/C16H17N5O2/c1-10(2)21-8-11(15(22)20-16(21)23)7-17-14-12-5-3-4-6-13(12)18-9-19-14/h3-6,8-10H,7H2,1-2H3,(H,17,18,19)(H,20,22,23). The van der Waals surface area contributed by atoms with Crippen molar-refractivity contribution in [2.24, 2.45) is 0 Å². The van der Waals surface area contributed by atoms with Crippen molar-refractivity contribution in [2.45, 2.75) is 26.4 Å². The summed E-state index contributed by atoms with van der Waals surface area (Å²) in [6.45, 7) is 4.03. The summed E-state index contributed by atoms with van der Waals surface area (Å²) in [5, 5.41) is 4.02. The van der Waals surface area contributed by atoms with Crippen molar-refractivity contribution in [1.82, 2.24) is 19.5 Å². The number of nitrogens with one attached hydrogen (secondary N) is 2. The lowest BCUT2D eigenvalue weighted by atomic mass is 10.2. The topological polar surface area (TPSA) is 92.7 Å². The molecular weight excluding hydrogens is 294 g/mol. The number of nitrogens with zero attached hydrogens (tertiary/aromatic N) is 3. The molecular formula is C16H17N5O2. The minimum Gasteiger partial charge on any atom is -0.365 e. The molecule has 0 spiro atoms. The zero-order valence-corrected chi connectivity index (χ0v) is 12.9. The van der Waals surface area contributed by atoms with Gasteiger partial charge < -0.3 is 5.32 Å². The Hall–Kier alpha value is -2.96. The summed E-state index contributed by atoms with van der Waals surface area (Å²) in [5.74, 6) is 0.650. The summed E-state index contributed by atoms with van der Waals surface area (Å²) in [6, 6.07) is 7.59. The van der Waals surface area contributed by atoms with Gasteiger partial charge in [0, 0.05) is 24.2 Å². The van der Waals surface area contributed by atoms with E-state index in [1.54, 1.807) is 6.20 Å². The lowest BCUT2D eigenvalue weighted by Crippen LogP contribution is -2.33.